The van der Waals surface area contributed by atoms with E-state index in [2.05, 4.69) is 28.4 Å². The first kappa shape index (κ1) is 16.2. The second-order valence-corrected chi connectivity index (χ2v) is 5.86. The fourth-order valence-electron chi connectivity index (χ4n) is 2.55. The van der Waals surface area contributed by atoms with E-state index in [1.54, 1.807) is 0 Å². The molecule has 2 aromatic carbocycles. The lowest BCUT2D eigenvalue weighted by Crippen LogP contribution is -2.35. The van der Waals surface area contributed by atoms with Crippen LogP contribution in [0.4, 0.5) is 0 Å². The zero-order chi connectivity index (χ0) is 15.9. The maximum Gasteiger partial charge on any atom is 0.224 e. The number of rotatable bonds is 6. The van der Waals surface area contributed by atoms with Crippen LogP contribution in [-0.4, -0.2) is 31.4 Å². The normalized spacial score (nSPS) is 12.2. The van der Waals surface area contributed by atoms with Gasteiger partial charge in [0.1, 0.15) is 0 Å². The van der Waals surface area contributed by atoms with E-state index in [4.69, 9.17) is 0 Å². The predicted octanol–water partition coefficient (Wildman–Crippen LogP) is 2.96. The molecular formula is C19H24N2O. The fraction of sp³-hybridized carbons (Fsp3) is 0.316. The summed E-state index contributed by atoms with van der Waals surface area (Å²) in [4.78, 5) is 14.3. The number of likely N-dealkylation sites (N-methyl/N-ethyl adjacent to an activating group) is 1. The maximum absolute atomic E-state index is 12.2. The number of carbonyl (C=O) groups is 1. The van der Waals surface area contributed by atoms with Crippen molar-refractivity contribution in [2.24, 2.45) is 0 Å². The van der Waals surface area contributed by atoms with Crippen LogP contribution in [0, 0.1) is 6.92 Å². The van der Waals surface area contributed by atoms with Gasteiger partial charge in [0.15, 0.2) is 0 Å². The topological polar surface area (TPSA) is 32.3 Å². The Bertz CT molecular complexity index is 608. The molecule has 116 valence electrons. The van der Waals surface area contributed by atoms with Gasteiger partial charge in [-0.25, -0.2) is 0 Å². The van der Waals surface area contributed by atoms with Gasteiger partial charge in [-0.15, -0.1) is 0 Å². The number of amides is 1. The summed E-state index contributed by atoms with van der Waals surface area (Å²) < 4.78 is 0. The Morgan fingerprint density at radius 1 is 1.09 bits per heavy atom. The van der Waals surface area contributed by atoms with Crippen LogP contribution in [0.1, 0.15) is 22.7 Å². The summed E-state index contributed by atoms with van der Waals surface area (Å²) in [6.45, 7) is 2.65. The summed E-state index contributed by atoms with van der Waals surface area (Å²) in [7, 11) is 4.06. The van der Waals surface area contributed by atoms with Gasteiger partial charge in [-0.1, -0.05) is 60.2 Å². The molecule has 0 aromatic heterocycles. The highest BCUT2D eigenvalue weighted by Gasteiger charge is 2.15. The number of nitrogens with one attached hydrogen (secondary N) is 1. The first-order valence-electron chi connectivity index (χ1n) is 7.60. The van der Waals surface area contributed by atoms with Gasteiger partial charge in [0.25, 0.3) is 0 Å². The van der Waals surface area contributed by atoms with E-state index in [1.807, 2.05) is 57.4 Å². The van der Waals surface area contributed by atoms with Crippen molar-refractivity contribution in [2.75, 3.05) is 20.6 Å². The molecule has 3 heteroatoms. The van der Waals surface area contributed by atoms with Gasteiger partial charge < -0.3 is 10.2 Å². The van der Waals surface area contributed by atoms with Crippen molar-refractivity contribution in [3.8, 4) is 0 Å². The predicted molar refractivity (Wildman–Crippen MR) is 90.8 cm³/mol. The van der Waals surface area contributed by atoms with Crippen molar-refractivity contribution >= 4 is 5.91 Å². The third-order valence-electron chi connectivity index (χ3n) is 3.75. The molecular weight excluding hydrogens is 272 g/mol. The van der Waals surface area contributed by atoms with Crippen LogP contribution in [0.2, 0.25) is 0 Å². The highest BCUT2D eigenvalue weighted by atomic mass is 16.1. The Kier molecular flexibility index (Phi) is 5.73. The smallest absolute Gasteiger partial charge is 0.224 e. The van der Waals surface area contributed by atoms with Crippen LogP contribution in [0.3, 0.4) is 0 Å². The SMILES string of the molecule is Cc1cccc(CC(=O)NCC(c2ccccc2)N(C)C)c1. The van der Waals surface area contributed by atoms with Gasteiger partial charge in [-0.2, -0.15) is 0 Å². The summed E-state index contributed by atoms with van der Waals surface area (Å²) in [5, 5.41) is 3.05. The van der Waals surface area contributed by atoms with Crippen molar-refractivity contribution in [1.82, 2.24) is 10.2 Å². The van der Waals surface area contributed by atoms with Crippen LogP contribution in [-0.2, 0) is 11.2 Å². The Morgan fingerprint density at radius 2 is 1.82 bits per heavy atom. The van der Waals surface area contributed by atoms with Gasteiger partial charge in [0, 0.05) is 6.54 Å². The molecule has 0 spiro atoms. The summed E-state index contributed by atoms with van der Waals surface area (Å²) in [6, 6.07) is 18.5. The van der Waals surface area contributed by atoms with Crippen LogP contribution >= 0.6 is 0 Å². The number of carbonyl (C=O) groups excluding carboxylic acids is 1. The lowest BCUT2D eigenvalue weighted by Gasteiger charge is -2.25. The molecule has 0 aliphatic carbocycles. The zero-order valence-electron chi connectivity index (χ0n) is 13.5. The zero-order valence-corrected chi connectivity index (χ0v) is 13.5. The van der Waals surface area contributed by atoms with Crippen LogP contribution in [0.25, 0.3) is 0 Å². The van der Waals surface area contributed by atoms with E-state index in [-0.39, 0.29) is 11.9 Å². The Hall–Kier alpha value is -2.13. The number of benzene rings is 2. The number of nitrogens with zero attached hydrogens (tertiary/aromatic N) is 1. The molecule has 0 fully saturated rings. The Morgan fingerprint density at radius 3 is 2.45 bits per heavy atom. The monoisotopic (exact) mass is 296 g/mol. The lowest BCUT2D eigenvalue weighted by molar-refractivity contribution is -0.120. The van der Waals surface area contributed by atoms with Crippen molar-refractivity contribution < 1.29 is 4.79 Å². The molecule has 2 rings (SSSR count). The van der Waals surface area contributed by atoms with E-state index in [0.717, 1.165) is 5.56 Å². The Labute approximate surface area is 133 Å². The van der Waals surface area contributed by atoms with Crippen molar-refractivity contribution in [3.63, 3.8) is 0 Å². The summed E-state index contributed by atoms with van der Waals surface area (Å²) in [6.07, 6.45) is 0.427. The molecule has 0 aliphatic rings. The van der Waals surface area contributed by atoms with Crippen molar-refractivity contribution in [1.29, 1.82) is 0 Å². The summed E-state index contributed by atoms with van der Waals surface area (Å²) in [5.41, 5.74) is 3.45. The molecule has 1 unspecified atom stereocenters. The van der Waals surface area contributed by atoms with Gasteiger partial charge in [0.2, 0.25) is 5.91 Å². The minimum absolute atomic E-state index is 0.0633. The van der Waals surface area contributed by atoms with Gasteiger partial charge in [-0.3, -0.25) is 4.79 Å². The second-order valence-electron chi connectivity index (χ2n) is 5.86. The largest absolute Gasteiger partial charge is 0.354 e. The minimum Gasteiger partial charge on any atom is -0.354 e. The first-order valence-corrected chi connectivity index (χ1v) is 7.60. The van der Waals surface area contributed by atoms with Crippen LogP contribution in [0.15, 0.2) is 54.6 Å². The average molecular weight is 296 g/mol. The lowest BCUT2D eigenvalue weighted by atomic mass is 10.1. The maximum atomic E-state index is 12.2. The van der Waals surface area contributed by atoms with Crippen LogP contribution in [0.5, 0.6) is 0 Å². The first-order chi connectivity index (χ1) is 10.6. The number of hydrogen-bond donors (Lipinski definition) is 1. The van der Waals surface area contributed by atoms with E-state index >= 15 is 0 Å². The quantitative estimate of drug-likeness (QED) is 0.889. The molecule has 1 N–H and O–H groups in total. The van der Waals surface area contributed by atoms with Crippen LogP contribution < -0.4 is 5.32 Å². The molecule has 3 nitrogen and oxygen atoms in total. The second kappa shape index (κ2) is 7.76. The molecule has 22 heavy (non-hydrogen) atoms. The number of hydrogen-bond acceptors (Lipinski definition) is 2. The number of aryl methyl sites for hydroxylation is 1. The van der Waals surface area contributed by atoms with E-state index < -0.39 is 0 Å². The van der Waals surface area contributed by atoms with Gasteiger partial charge in [0.05, 0.1) is 12.5 Å². The Balaban J connectivity index is 1.94. The molecule has 1 atom stereocenters. The standard InChI is InChI=1S/C19H24N2O/c1-15-8-7-9-16(12-15)13-19(22)20-14-18(21(2)3)17-10-5-4-6-11-17/h4-12,18H,13-14H2,1-3H3,(H,20,22). The molecule has 2 aromatic rings. The van der Waals surface area contributed by atoms with E-state index in [1.165, 1.54) is 11.1 Å². The van der Waals surface area contributed by atoms with E-state index in [9.17, 15) is 4.79 Å². The van der Waals surface area contributed by atoms with Crippen molar-refractivity contribution in [2.45, 2.75) is 19.4 Å². The molecule has 0 saturated heterocycles. The minimum atomic E-state index is 0.0633. The third kappa shape index (κ3) is 4.71. The van der Waals surface area contributed by atoms with Crippen molar-refractivity contribution in [3.05, 3.63) is 71.3 Å². The van der Waals surface area contributed by atoms with Gasteiger partial charge in [-0.05, 0) is 32.1 Å². The molecule has 0 bridgehead atoms. The highest BCUT2D eigenvalue weighted by Crippen LogP contribution is 2.16. The third-order valence-corrected chi connectivity index (χ3v) is 3.75. The fourth-order valence-corrected chi connectivity index (χ4v) is 2.55. The molecule has 0 heterocycles. The molecule has 0 saturated carbocycles. The molecule has 1 amide bonds. The van der Waals surface area contributed by atoms with E-state index in [0.29, 0.717) is 13.0 Å². The van der Waals surface area contributed by atoms with Gasteiger partial charge >= 0.3 is 0 Å². The average Bonchev–Trinajstić information content (AvgIpc) is 2.48. The summed E-state index contributed by atoms with van der Waals surface area (Å²) in [5.74, 6) is 0.0633. The molecule has 0 aliphatic heterocycles. The highest BCUT2D eigenvalue weighted by molar-refractivity contribution is 5.78. The molecule has 0 radical (unpaired) electrons. The summed E-state index contributed by atoms with van der Waals surface area (Å²) >= 11 is 0.